The van der Waals surface area contributed by atoms with Gasteiger partial charge in [-0.2, -0.15) is 13.9 Å². The molecule has 5 rings (SSSR count). The van der Waals surface area contributed by atoms with Crippen molar-refractivity contribution in [3.63, 3.8) is 0 Å². The van der Waals surface area contributed by atoms with Gasteiger partial charge in [0.25, 0.3) is 0 Å². The number of nitrogens with zero attached hydrogens (tertiary/aromatic N) is 3. The lowest BCUT2D eigenvalue weighted by atomic mass is 9.82. The van der Waals surface area contributed by atoms with Gasteiger partial charge in [0.2, 0.25) is 0 Å². The van der Waals surface area contributed by atoms with Crippen molar-refractivity contribution in [1.29, 1.82) is 0 Å². The molecule has 3 aromatic rings. The number of fused-ring (bicyclic) bond motifs is 5. The largest absolute Gasteiger partial charge is 0.492 e. The summed E-state index contributed by atoms with van der Waals surface area (Å²) in [7, 11) is 0. The van der Waals surface area contributed by atoms with Gasteiger partial charge in [-0.15, -0.1) is 0 Å². The third kappa shape index (κ3) is 3.03. The predicted molar refractivity (Wildman–Crippen MR) is 112 cm³/mol. The SMILES string of the molecule is CC(C)C1Cc2cc(-c3cnn(C(F)F)c3)c3c(c2-c2cc(=O)c(C(=O)O)cn21)CCO3. The molecule has 0 bridgehead atoms. The molecule has 0 spiro atoms. The second-order valence-electron chi connectivity index (χ2n) is 8.52. The standard InChI is InChI=1S/C23H21F2N3O4/c1-11(2)17-6-12-5-15(13-8-26-28(9-13)23(24)25)21-14(3-4-32-21)20(12)18-7-19(29)16(22(30)31)10-27(17)18/h5,7-11,17,23H,3-4,6H2,1-2H3,(H,30,31). The third-order valence-corrected chi connectivity index (χ3v) is 6.29. The second-order valence-corrected chi connectivity index (χ2v) is 8.52. The van der Waals surface area contributed by atoms with E-state index in [1.54, 1.807) is 0 Å². The van der Waals surface area contributed by atoms with Crippen LogP contribution in [-0.2, 0) is 12.8 Å². The molecule has 0 radical (unpaired) electrons. The lowest BCUT2D eigenvalue weighted by Gasteiger charge is -2.34. The van der Waals surface area contributed by atoms with Gasteiger partial charge < -0.3 is 14.4 Å². The van der Waals surface area contributed by atoms with E-state index in [2.05, 4.69) is 5.10 Å². The van der Waals surface area contributed by atoms with Gasteiger partial charge in [0.1, 0.15) is 11.3 Å². The summed E-state index contributed by atoms with van der Waals surface area (Å²) in [5.41, 5.74) is 3.85. The Hall–Kier alpha value is -3.49. The fourth-order valence-corrected chi connectivity index (χ4v) is 4.78. The van der Waals surface area contributed by atoms with Gasteiger partial charge in [-0.25, -0.2) is 9.48 Å². The van der Waals surface area contributed by atoms with E-state index in [1.807, 2.05) is 24.5 Å². The van der Waals surface area contributed by atoms with Crippen molar-refractivity contribution in [3.8, 4) is 28.1 Å². The van der Waals surface area contributed by atoms with Crippen molar-refractivity contribution in [3.05, 3.63) is 57.6 Å². The van der Waals surface area contributed by atoms with Crippen molar-refractivity contribution < 1.29 is 23.4 Å². The molecular formula is C23H21F2N3O4. The van der Waals surface area contributed by atoms with Gasteiger partial charge in [-0.05, 0) is 24.0 Å². The van der Waals surface area contributed by atoms with Crippen molar-refractivity contribution in [1.82, 2.24) is 14.3 Å². The smallest absolute Gasteiger partial charge is 0.341 e. The van der Waals surface area contributed by atoms with E-state index in [-0.39, 0.29) is 17.5 Å². The number of aromatic nitrogens is 3. The Kier molecular flexibility index (Phi) is 4.65. The number of carboxylic acids is 1. The normalized spacial score (nSPS) is 16.6. The number of aromatic carboxylic acids is 1. The van der Waals surface area contributed by atoms with Crippen LogP contribution in [0.1, 0.15) is 47.9 Å². The van der Waals surface area contributed by atoms with Gasteiger partial charge in [0.15, 0.2) is 5.43 Å². The molecular weight excluding hydrogens is 420 g/mol. The molecule has 0 aliphatic carbocycles. The van der Waals surface area contributed by atoms with Crippen LogP contribution in [0.4, 0.5) is 8.78 Å². The first kappa shape index (κ1) is 20.4. The van der Waals surface area contributed by atoms with Crippen LogP contribution in [0, 0.1) is 5.92 Å². The zero-order valence-corrected chi connectivity index (χ0v) is 17.5. The molecule has 1 aromatic carbocycles. The molecule has 166 valence electrons. The first-order valence-corrected chi connectivity index (χ1v) is 10.4. The van der Waals surface area contributed by atoms with Crippen LogP contribution in [-0.4, -0.2) is 32.0 Å². The van der Waals surface area contributed by atoms with E-state index >= 15 is 0 Å². The molecule has 9 heteroatoms. The van der Waals surface area contributed by atoms with Crippen molar-refractivity contribution >= 4 is 5.97 Å². The van der Waals surface area contributed by atoms with Gasteiger partial charge in [-0.3, -0.25) is 4.79 Å². The zero-order valence-electron chi connectivity index (χ0n) is 17.5. The van der Waals surface area contributed by atoms with Gasteiger partial charge in [0, 0.05) is 53.2 Å². The second kappa shape index (κ2) is 7.29. The highest BCUT2D eigenvalue weighted by Gasteiger charge is 2.33. The summed E-state index contributed by atoms with van der Waals surface area (Å²) in [4.78, 5) is 24.1. The van der Waals surface area contributed by atoms with Crippen molar-refractivity contribution in [2.24, 2.45) is 5.92 Å². The maximum atomic E-state index is 13.1. The fraction of sp³-hybridized carbons (Fsp3) is 0.348. The minimum absolute atomic E-state index is 0.0618. The maximum Gasteiger partial charge on any atom is 0.341 e. The Balaban J connectivity index is 1.77. The lowest BCUT2D eigenvalue weighted by molar-refractivity contribution is 0.0566. The Bertz CT molecular complexity index is 1310. The first-order chi connectivity index (χ1) is 15.3. The van der Waals surface area contributed by atoms with Crippen LogP contribution in [0.5, 0.6) is 5.75 Å². The van der Waals surface area contributed by atoms with Gasteiger partial charge >= 0.3 is 12.5 Å². The zero-order chi connectivity index (χ0) is 22.7. The Labute approximate surface area is 181 Å². The molecule has 7 nitrogen and oxygen atoms in total. The van der Waals surface area contributed by atoms with Crippen LogP contribution in [0.15, 0.2) is 35.5 Å². The van der Waals surface area contributed by atoms with E-state index in [0.717, 1.165) is 16.7 Å². The highest BCUT2D eigenvalue weighted by Crippen LogP contribution is 2.48. The number of hydrogen-bond acceptors (Lipinski definition) is 4. The van der Waals surface area contributed by atoms with E-state index < -0.39 is 17.9 Å². The molecule has 1 unspecified atom stereocenters. The number of carbonyl (C=O) groups is 1. The number of alkyl halides is 2. The summed E-state index contributed by atoms with van der Waals surface area (Å²) in [6, 6.07) is 3.26. The first-order valence-electron chi connectivity index (χ1n) is 10.4. The van der Waals surface area contributed by atoms with E-state index in [1.165, 1.54) is 24.7 Å². The molecule has 2 aliphatic heterocycles. The number of ether oxygens (including phenoxy) is 1. The van der Waals surface area contributed by atoms with E-state index in [4.69, 9.17) is 4.74 Å². The molecule has 0 saturated heterocycles. The molecule has 0 amide bonds. The van der Waals surface area contributed by atoms with Crippen LogP contribution >= 0.6 is 0 Å². The topological polar surface area (TPSA) is 86.4 Å². The molecule has 2 aliphatic rings. The Morgan fingerprint density at radius 1 is 1.28 bits per heavy atom. The van der Waals surface area contributed by atoms with Crippen molar-refractivity contribution in [2.45, 2.75) is 39.3 Å². The average molecular weight is 441 g/mol. The van der Waals surface area contributed by atoms with Gasteiger partial charge in [-0.1, -0.05) is 13.8 Å². The molecule has 4 heterocycles. The van der Waals surface area contributed by atoms with E-state index in [9.17, 15) is 23.5 Å². The molecule has 1 N–H and O–H groups in total. The molecule has 1 atom stereocenters. The fourth-order valence-electron chi connectivity index (χ4n) is 4.78. The number of rotatable bonds is 4. The lowest BCUT2D eigenvalue weighted by Crippen LogP contribution is -2.28. The summed E-state index contributed by atoms with van der Waals surface area (Å²) >= 11 is 0. The number of pyridine rings is 1. The summed E-state index contributed by atoms with van der Waals surface area (Å²) in [6.07, 6.45) is 5.36. The van der Waals surface area contributed by atoms with Crippen LogP contribution in [0.25, 0.3) is 22.4 Å². The van der Waals surface area contributed by atoms with Crippen LogP contribution in [0.3, 0.4) is 0 Å². The molecule has 0 fully saturated rings. The molecule has 2 aromatic heterocycles. The van der Waals surface area contributed by atoms with Gasteiger partial charge in [0.05, 0.1) is 18.5 Å². The van der Waals surface area contributed by atoms with E-state index in [0.29, 0.717) is 46.7 Å². The predicted octanol–water partition coefficient (Wildman–Crippen LogP) is 4.16. The highest BCUT2D eigenvalue weighted by molar-refractivity contribution is 5.88. The van der Waals surface area contributed by atoms with Crippen LogP contribution in [0.2, 0.25) is 0 Å². The summed E-state index contributed by atoms with van der Waals surface area (Å²) in [5.74, 6) is -0.485. The summed E-state index contributed by atoms with van der Waals surface area (Å²) in [5, 5.41) is 13.2. The maximum absolute atomic E-state index is 13.1. The quantitative estimate of drug-likeness (QED) is 0.657. The van der Waals surface area contributed by atoms with Crippen molar-refractivity contribution in [2.75, 3.05) is 6.61 Å². The highest BCUT2D eigenvalue weighted by atomic mass is 19.3. The summed E-state index contributed by atoms with van der Waals surface area (Å²) < 4.78 is 34.5. The number of hydrogen-bond donors (Lipinski definition) is 1. The summed E-state index contributed by atoms with van der Waals surface area (Å²) in [6.45, 7) is 1.79. The number of benzene rings is 1. The molecule has 32 heavy (non-hydrogen) atoms. The Morgan fingerprint density at radius 3 is 2.72 bits per heavy atom. The third-order valence-electron chi connectivity index (χ3n) is 6.29. The Morgan fingerprint density at radius 2 is 2.06 bits per heavy atom. The minimum Gasteiger partial charge on any atom is -0.492 e. The number of halogens is 2. The van der Waals surface area contributed by atoms with Crippen LogP contribution < -0.4 is 10.2 Å². The number of carboxylic acid groups (broad SMARTS) is 1. The minimum atomic E-state index is -2.73. The molecule has 0 saturated carbocycles. The monoisotopic (exact) mass is 441 g/mol. The average Bonchev–Trinajstić information content (AvgIpc) is 3.41.